The fraction of sp³-hybridized carbons (Fsp3) is 0.400. The maximum absolute atomic E-state index is 13.4. The maximum atomic E-state index is 13.4. The minimum Gasteiger partial charge on any atom is -0.329 e. The van der Waals surface area contributed by atoms with Crippen LogP contribution < -0.4 is 5.56 Å². The van der Waals surface area contributed by atoms with E-state index in [9.17, 15) is 14.0 Å². The predicted octanol–water partition coefficient (Wildman–Crippen LogP) is 5.99. The third-order valence-electron chi connectivity index (χ3n) is 5.71. The largest absolute Gasteiger partial charge is 0.329 e. The van der Waals surface area contributed by atoms with E-state index in [0.29, 0.717) is 40.4 Å². The summed E-state index contributed by atoms with van der Waals surface area (Å²) in [4.78, 5) is 33.0. The van der Waals surface area contributed by atoms with Gasteiger partial charge >= 0.3 is 0 Å². The number of benzene rings is 2. The summed E-state index contributed by atoms with van der Waals surface area (Å²) in [5.74, 6) is -0.0905. The monoisotopic (exact) mass is 457 g/mol. The number of rotatable bonds is 9. The van der Waals surface area contributed by atoms with Crippen molar-refractivity contribution in [3.63, 3.8) is 0 Å². The number of carbonyl (C=O) groups excluding carboxylic acids is 1. The lowest BCUT2D eigenvalue weighted by atomic mass is 10.1. The lowest BCUT2D eigenvalue weighted by Crippen LogP contribution is -2.38. The smallest absolute Gasteiger partial charge is 0.261 e. The molecular formula is C25H29ClFN3O2. The highest BCUT2D eigenvalue weighted by Crippen LogP contribution is 2.24. The first-order valence-electron chi connectivity index (χ1n) is 11.1. The molecule has 0 spiro atoms. The minimum absolute atomic E-state index is 0.156. The van der Waals surface area contributed by atoms with E-state index in [1.807, 2.05) is 13.8 Å². The molecule has 3 aromatic rings. The summed E-state index contributed by atoms with van der Waals surface area (Å²) in [6.45, 7) is 6.84. The van der Waals surface area contributed by atoms with Crippen molar-refractivity contribution in [3.05, 3.63) is 75.0 Å². The van der Waals surface area contributed by atoms with Crippen LogP contribution in [0.4, 0.5) is 4.39 Å². The fourth-order valence-electron chi connectivity index (χ4n) is 3.91. The summed E-state index contributed by atoms with van der Waals surface area (Å²) in [7, 11) is 0. The highest BCUT2D eigenvalue weighted by molar-refractivity contribution is 6.31. The van der Waals surface area contributed by atoms with E-state index in [0.717, 1.165) is 25.7 Å². The van der Waals surface area contributed by atoms with Crippen molar-refractivity contribution < 1.29 is 9.18 Å². The minimum atomic E-state index is -0.454. The highest BCUT2D eigenvalue weighted by Gasteiger charge is 2.26. The number of hydrogen-bond donors (Lipinski definition) is 0. The highest BCUT2D eigenvalue weighted by atomic mass is 35.5. The molecule has 32 heavy (non-hydrogen) atoms. The third kappa shape index (κ3) is 5.18. The average molecular weight is 458 g/mol. The second kappa shape index (κ2) is 10.7. The van der Waals surface area contributed by atoms with Gasteiger partial charge in [0, 0.05) is 23.7 Å². The molecular weight excluding hydrogens is 429 g/mol. The molecule has 1 aromatic heterocycles. The summed E-state index contributed by atoms with van der Waals surface area (Å²) in [5.41, 5.74) is 0.758. The van der Waals surface area contributed by atoms with Gasteiger partial charge in [0.1, 0.15) is 11.6 Å². The van der Waals surface area contributed by atoms with Gasteiger partial charge in [-0.05, 0) is 62.7 Å². The molecule has 1 atom stereocenters. The lowest BCUT2D eigenvalue weighted by molar-refractivity contribution is 0.0675. The number of fused-ring (bicyclic) bond motifs is 1. The number of aromatic nitrogens is 2. The molecule has 2 aromatic carbocycles. The van der Waals surface area contributed by atoms with Gasteiger partial charge in [-0.25, -0.2) is 9.37 Å². The first kappa shape index (κ1) is 23.9. The topological polar surface area (TPSA) is 55.2 Å². The van der Waals surface area contributed by atoms with Crippen LogP contribution in [0.5, 0.6) is 0 Å². The Bertz CT molecular complexity index is 1140. The Morgan fingerprint density at radius 1 is 1.12 bits per heavy atom. The Balaban J connectivity index is 2.05. The van der Waals surface area contributed by atoms with E-state index < -0.39 is 11.9 Å². The Kier molecular flexibility index (Phi) is 8.02. The first-order chi connectivity index (χ1) is 15.4. The van der Waals surface area contributed by atoms with Crippen LogP contribution in [0.1, 0.15) is 68.7 Å². The van der Waals surface area contributed by atoms with Crippen molar-refractivity contribution in [2.45, 2.75) is 59.0 Å². The van der Waals surface area contributed by atoms with Crippen molar-refractivity contribution in [1.29, 1.82) is 0 Å². The van der Waals surface area contributed by atoms with Gasteiger partial charge in [0.2, 0.25) is 0 Å². The molecule has 0 aliphatic rings. The lowest BCUT2D eigenvalue weighted by Gasteiger charge is -2.30. The number of nitrogens with zero attached hydrogens (tertiary/aromatic N) is 3. The molecule has 0 bridgehead atoms. The molecule has 0 aliphatic carbocycles. The predicted molar refractivity (Wildman–Crippen MR) is 127 cm³/mol. The summed E-state index contributed by atoms with van der Waals surface area (Å²) in [6.07, 6.45) is 4.00. The molecule has 7 heteroatoms. The van der Waals surface area contributed by atoms with Crippen LogP contribution in [-0.2, 0) is 6.54 Å². The SMILES string of the molecule is CCCCCCN(C(=O)c1ccc(F)cc1)C(C)c1nc2cc(Cl)ccc2c(=O)n1CC. The number of halogens is 2. The van der Waals surface area contributed by atoms with Gasteiger partial charge in [-0.1, -0.05) is 37.8 Å². The number of hydrogen-bond acceptors (Lipinski definition) is 3. The standard InChI is InChI=1S/C25H29ClFN3O2/c1-4-6-7-8-15-30(24(31)18-9-12-20(27)13-10-18)17(3)23-28-22-16-19(26)11-14-21(22)25(32)29(23)5-2/h9-14,16-17H,4-8,15H2,1-3H3. The number of carbonyl (C=O) groups is 1. The maximum Gasteiger partial charge on any atom is 0.261 e. The van der Waals surface area contributed by atoms with Gasteiger partial charge in [-0.3, -0.25) is 14.2 Å². The molecule has 0 N–H and O–H groups in total. The summed E-state index contributed by atoms with van der Waals surface area (Å²) >= 11 is 6.14. The quantitative estimate of drug-likeness (QED) is 0.371. The summed E-state index contributed by atoms with van der Waals surface area (Å²) in [6, 6.07) is 10.1. The van der Waals surface area contributed by atoms with Crippen molar-refractivity contribution in [3.8, 4) is 0 Å². The molecule has 1 amide bonds. The fourth-order valence-corrected chi connectivity index (χ4v) is 4.08. The Morgan fingerprint density at radius 2 is 1.84 bits per heavy atom. The molecule has 0 saturated heterocycles. The molecule has 0 aliphatic heterocycles. The van der Waals surface area contributed by atoms with Gasteiger partial charge < -0.3 is 4.90 Å². The molecule has 1 heterocycles. The normalized spacial score (nSPS) is 12.2. The van der Waals surface area contributed by atoms with Gasteiger partial charge in [0.15, 0.2) is 0 Å². The molecule has 5 nitrogen and oxygen atoms in total. The van der Waals surface area contributed by atoms with Gasteiger partial charge in [-0.2, -0.15) is 0 Å². The van der Waals surface area contributed by atoms with Gasteiger partial charge in [-0.15, -0.1) is 0 Å². The molecule has 0 saturated carbocycles. The van der Waals surface area contributed by atoms with Crippen molar-refractivity contribution in [2.24, 2.45) is 0 Å². The Labute approximate surface area is 192 Å². The molecule has 170 valence electrons. The van der Waals surface area contributed by atoms with E-state index in [-0.39, 0.29) is 11.5 Å². The van der Waals surface area contributed by atoms with E-state index in [2.05, 4.69) is 6.92 Å². The zero-order chi connectivity index (χ0) is 23.3. The van der Waals surface area contributed by atoms with Gasteiger partial charge in [0.25, 0.3) is 11.5 Å². The molecule has 1 unspecified atom stereocenters. The average Bonchev–Trinajstić information content (AvgIpc) is 2.78. The Hall–Kier alpha value is -2.73. The number of amides is 1. The molecule has 3 rings (SSSR count). The van der Waals surface area contributed by atoms with Crippen LogP contribution in [0.3, 0.4) is 0 Å². The van der Waals surface area contributed by atoms with Crippen molar-refractivity contribution in [2.75, 3.05) is 6.54 Å². The molecule has 0 fully saturated rings. The number of unbranched alkanes of at least 4 members (excludes halogenated alkanes) is 3. The first-order valence-corrected chi connectivity index (χ1v) is 11.5. The van der Waals surface area contributed by atoms with Crippen molar-refractivity contribution in [1.82, 2.24) is 14.5 Å². The molecule has 0 radical (unpaired) electrons. The Morgan fingerprint density at radius 3 is 2.50 bits per heavy atom. The second-order valence-corrected chi connectivity index (χ2v) is 8.36. The zero-order valence-corrected chi connectivity index (χ0v) is 19.5. The van der Waals surface area contributed by atoms with E-state index in [1.165, 1.54) is 24.3 Å². The van der Waals surface area contributed by atoms with E-state index >= 15 is 0 Å². The summed E-state index contributed by atoms with van der Waals surface area (Å²) < 4.78 is 15.0. The van der Waals surface area contributed by atoms with E-state index in [4.69, 9.17) is 16.6 Å². The van der Waals surface area contributed by atoms with Gasteiger partial charge in [0.05, 0.1) is 16.9 Å². The van der Waals surface area contributed by atoms with Crippen LogP contribution in [0.25, 0.3) is 10.9 Å². The van der Waals surface area contributed by atoms with E-state index in [1.54, 1.807) is 27.7 Å². The summed E-state index contributed by atoms with van der Waals surface area (Å²) in [5, 5.41) is 0.989. The van der Waals surface area contributed by atoms with Crippen LogP contribution in [-0.4, -0.2) is 26.9 Å². The van der Waals surface area contributed by atoms with Crippen LogP contribution in [0.2, 0.25) is 5.02 Å². The van der Waals surface area contributed by atoms with Crippen LogP contribution >= 0.6 is 11.6 Å². The van der Waals surface area contributed by atoms with Crippen molar-refractivity contribution >= 4 is 28.4 Å². The second-order valence-electron chi connectivity index (χ2n) is 7.92. The third-order valence-corrected chi connectivity index (χ3v) is 5.94. The van der Waals surface area contributed by atoms with Crippen LogP contribution in [0.15, 0.2) is 47.3 Å². The zero-order valence-electron chi connectivity index (χ0n) is 18.8. The van der Waals surface area contributed by atoms with Crippen LogP contribution in [0, 0.1) is 5.82 Å².